The molecule has 1 aliphatic rings. The summed E-state index contributed by atoms with van der Waals surface area (Å²) in [6.45, 7) is 0.243. The van der Waals surface area contributed by atoms with E-state index in [1.165, 1.54) is 0 Å². The number of rotatable bonds is 5. The highest BCUT2D eigenvalue weighted by Gasteiger charge is 2.31. The van der Waals surface area contributed by atoms with E-state index < -0.39 is 5.60 Å². The molecule has 6 heteroatoms. The minimum absolute atomic E-state index is 0.199. The van der Waals surface area contributed by atoms with Gasteiger partial charge in [-0.25, -0.2) is 0 Å². The molecule has 2 N–H and O–H groups in total. The van der Waals surface area contributed by atoms with Crippen molar-refractivity contribution in [3.8, 4) is 17.1 Å². The number of hydrogen-bond donors (Lipinski definition) is 2. The van der Waals surface area contributed by atoms with Crippen LogP contribution in [0.4, 0.5) is 0 Å². The fraction of sp³-hybridized carbons (Fsp3) is 0.412. The van der Waals surface area contributed by atoms with Crippen LogP contribution in [0.2, 0.25) is 0 Å². The highest BCUT2D eigenvalue weighted by Crippen LogP contribution is 2.29. The van der Waals surface area contributed by atoms with Crippen LogP contribution in [0.3, 0.4) is 0 Å². The number of hydrogen-bond acceptors (Lipinski definition) is 5. The van der Waals surface area contributed by atoms with Crippen LogP contribution in [0.25, 0.3) is 11.3 Å². The summed E-state index contributed by atoms with van der Waals surface area (Å²) in [7, 11) is 1.59. The van der Waals surface area contributed by atoms with Gasteiger partial charge in [-0.15, -0.1) is 0 Å². The van der Waals surface area contributed by atoms with E-state index in [-0.39, 0.29) is 18.1 Å². The number of carbonyl (C=O) groups is 1. The lowest BCUT2D eigenvalue weighted by Crippen LogP contribution is -2.40. The third kappa shape index (κ3) is 3.53. The molecule has 1 fully saturated rings. The summed E-state index contributed by atoms with van der Waals surface area (Å²) in [5, 5.41) is 16.8. The van der Waals surface area contributed by atoms with Crippen molar-refractivity contribution >= 4 is 5.91 Å². The van der Waals surface area contributed by atoms with Gasteiger partial charge in [-0.3, -0.25) is 4.79 Å². The number of methoxy groups -OCH3 is 1. The van der Waals surface area contributed by atoms with Crippen molar-refractivity contribution in [1.82, 2.24) is 10.5 Å². The molecule has 0 saturated heterocycles. The van der Waals surface area contributed by atoms with Gasteiger partial charge in [0, 0.05) is 18.2 Å². The van der Waals surface area contributed by atoms with Crippen LogP contribution in [0, 0.1) is 0 Å². The van der Waals surface area contributed by atoms with E-state index in [2.05, 4.69) is 10.5 Å². The molecule has 122 valence electrons. The first-order valence-electron chi connectivity index (χ1n) is 7.71. The SMILES string of the molecule is COc1cccc(-c2cc(C(=O)NCC3(O)CCCC3)no2)c1. The van der Waals surface area contributed by atoms with Crippen LogP contribution in [0.5, 0.6) is 5.75 Å². The predicted octanol–water partition coefficient (Wildman–Crippen LogP) is 2.39. The molecule has 6 nitrogen and oxygen atoms in total. The quantitative estimate of drug-likeness (QED) is 0.884. The topological polar surface area (TPSA) is 84.6 Å². The molecule has 1 saturated carbocycles. The molecule has 0 atom stereocenters. The van der Waals surface area contributed by atoms with E-state index in [0.29, 0.717) is 11.5 Å². The summed E-state index contributed by atoms with van der Waals surface area (Å²) in [6, 6.07) is 8.92. The zero-order chi connectivity index (χ0) is 16.3. The van der Waals surface area contributed by atoms with Crippen LogP contribution in [0.15, 0.2) is 34.9 Å². The number of amides is 1. The first kappa shape index (κ1) is 15.6. The van der Waals surface area contributed by atoms with Gasteiger partial charge in [0.2, 0.25) is 0 Å². The van der Waals surface area contributed by atoms with E-state index >= 15 is 0 Å². The smallest absolute Gasteiger partial charge is 0.273 e. The van der Waals surface area contributed by atoms with Gasteiger partial charge in [-0.1, -0.05) is 30.1 Å². The number of carbonyl (C=O) groups excluding carboxylic acids is 1. The monoisotopic (exact) mass is 316 g/mol. The van der Waals surface area contributed by atoms with E-state index in [1.54, 1.807) is 13.2 Å². The Hall–Kier alpha value is -2.34. The maximum absolute atomic E-state index is 12.1. The van der Waals surface area contributed by atoms with Gasteiger partial charge in [0.1, 0.15) is 5.75 Å². The number of aromatic nitrogens is 1. The molecule has 1 aliphatic carbocycles. The van der Waals surface area contributed by atoms with Crippen molar-refractivity contribution in [2.24, 2.45) is 0 Å². The lowest BCUT2D eigenvalue weighted by atomic mass is 10.0. The van der Waals surface area contributed by atoms with Gasteiger partial charge in [0.05, 0.1) is 12.7 Å². The average Bonchev–Trinajstić information content (AvgIpc) is 3.22. The maximum Gasteiger partial charge on any atom is 0.273 e. The Balaban J connectivity index is 1.67. The lowest BCUT2D eigenvalue weighted by Gasteiger charge is -2.21. The molecule has 1 heterocycles. The highest BCUT2D eigenvalue weighted by atomic mass is 16.5. The van der Waals surface area contributed by atoms with Gasteiger partial charge >= 0.3 is 0 Å². The molecule has 0 bridgehead atoms. The van der Waals surface area contributed by atoms with E-state index in [1.807, 2.05) is 24.3 Å². The van der Waals surface area contributed by atoms with E-state index in [0.717, 1.165) is 31.2 Å². The van der Waals surface area contributed by atoms with Gasteiger partial charge in [-0.2, -0.15) is 0 Å². The maximum atomic E-state index is 12.1. The summed E-state index contributed by atoms with van der Waals surface area (Å²) < 4.78 is 10.4. The number of benzene rings is 1. The average molecular weight is 316 g/mol. The van der Waals surface area contributed by atoms with Crippen LogP contribution in [-0.4, -0.2) is 35.4 Å². The molecular formula is C17H20N2O4. The summed E-state index contributed by atoms with van der Waals surface area (Å²) in [5.74, 6) is 0.852. The van der Waals surface area contributed by atoms with Crippen molar-refractivity contribution in [2.45, 2.75) is 31.3 Å². The molecule has 1 amide bonds. The molecule has 0 unspecified atom stereocenters. The van der Waals surface area contributed by atoms with Crippen molar-refractivity contribution < 1.29 is 19.2 Å². The van der Waals surface area contributed by atoms with Crippen LogP contribution < -0.4 is 10.1 Å². The Kier molecular flexibility index (Phi) is 4.34. The molecule has 1 aromatic carbocycles. The standard InChI is InChI=1S/C17H20N2O4/c1-22-13-6-4-5-12(9-13)15-10-14(19-23-15)16(20)18-11-17(21)7-2-3-8-17/h4-6,9-10,21H,2-3,7-8,11H2,1H3,(H,18,20). The lowest BCUT2D eigenvalue weighted by molar-refractivity contribution is 0.0448. The molecule has 3 rings (SSSR count). The second-order valence-electron chi connectivity index (χ2n) is 5.92. The second kappa shape index (κ2) is 6.42. The molecular weight excluding hydrogens is 296 g/mol. The van der Waals surface area contributed by atoms with Crippen LogP contribution in [0.1, 0.15) is 36.2 Å². The minimum Gasteiger partial charge on any atom is -0.497 e. The molecule has 2 aromatic rings. The van der Waals surface area contributed by atoms with Gasteiger partial charge in [0.15, 0.2) is 11.5 Å². The van der Waals surface area contributed by atoms with Gasteiger partial charge in [0.25, 0.3) is 5.91 Å². The van der Waals surface area contributed by atoms with Crippen molar-refractivity contribution in [1.29, 1.82) is 0 Å². The molecule has 0 radical (unpaired) electrons. The Morgan fingerprint density at radius 2 is 2.17 bits per heavy atom. The second-order valence-corrected chi connectivity index (χ2v) is 5.92. The normalized spacial score (nSPS) is 16.3. The minimum atomic E-state index is -0.783. The van der Waals surface area contributed by atoms with Gasteiger partial charge in [-0.05, 0) is 25.0 Å². The number of aliphatic hydroxyl groups is 1. The Labute approximate surface area is 134 Å². The fourth-order valence-electron chi connectivity index (χ4n) is 2.84. The first-order chi connectivity index (χ1) is 11.1. The molecule has 1 aromatic heterocycles. The summed E-state index contributed by atoms with van der Waals surface area (Å²) >= 11 is 0. The third-order valence-corrected chi connectivity index (χ3v) is 4.21. The zero-order valence-electron chi connectivity index (χ0n) is 13.0. The summed E-state index contributed by atoms with van der Waals surface area (Å²) in [6.07, 6.45) is 3.44. The highest BCUT2D eigenvalue weighted by molar-refractivity contribution is 5.93. The largest absolute Gasteiger partial charge is 0.497 e. The molecule has 23 heavy (non-hydrogen) atoms. The third-order valence-electron chi connectivity index (χ3n) is 4.21. The first-order valence-corrected chi connectivity index (χ1v) is 7.71. The Morgan fingerprint density at radius 3 is 2.91 bits per heavy atom. The van der Waals surface area contributed by atoms with Crippen molar-refractivity contribution in [2.75, 3.05) is 13.7 Å². The Morgan fingerprint density at radius 1 is 1.39 bits per heavy atom. The van der Waals surface area contributed by atoms with E-state index in [4.69, 9.17) is 9.26 Å². The van der Waals surface area contributed by atoms with Gasteiger partial charge < -0.3 is 19.7 Å². The van der Waals surface area contributed by atoms with E-state index in [9.17, 15) is 9.90 Å². The number of nitrogens with one attached hydrogen (secondary N) is 1. The summed E-state index contributed by atoms with van der Waals surface area (Å²) in [5.41, 5.74) is 0.199. The number of ether oxygens (including phenoxy) is 1. The Bertz CT molecular complexity index is 689. The predicted molar refractivity (Wildman–Crippen MR) is 84.2 cm³/mol. The number of nitrogens with zero attached hydrogens (tertiary/aromatic N) is 1. The summed E-state index contributed by atoms with van der Waals surface area (Å²) in [4.78, 5) is 12.1. The van der Waals surface area contributed by atoms with Crippen molar-refractivity contribution in [3.05, 3.63) is 36.0 Å². The van der Waals surface area contributed by atoms with Crippen molar-refractivity contribution in [3.63, 3.8) is 0 Å². The zero-order valence-corrected chi connectivity index (χ0v) is 13.0. The molecule has 0 spiro atoms. The fourth-order valence-corrected chi connectivity index (χ4v) is 2.84. The molecule has 0 aliphatic heterocycles. The van der Waals surface area contributed by atoms with Crippen LogP contribution in [-0.2, 0) is 0 Å². The van der Waals surface area contributed by atoms with Crippen LogP contribution >= 0.6 is 0 Å².